The van der Waals surface area contributed by atoms with E-state index < -0.39 is 45.2 Å². The lowest BCUT2D eigenvalue weighted by molar-refractivity contribution is -0.125. The van der Waals surface area contributed by atoms with E-state index in [-0.39, 0.29) is 29.6 Å². The number of nitrogens with one attached hydrogen (secondary N) is 1. The Hall–Kier alpha value is -2.65. The molecule has 0 unspecified atom stereocenters. The van der Waals surface area contributed by atoms with Crippen molar-refractivity contribution in [1.82, 2.24) is 9.62 Å². The van der Waals surface area contributed by atoms with E-state index in [0.717, 1.165) is 40.7 Å². The normalized spacial score (nSPS) is 19.8. The predicted octanol–water partition coefficient (Wildman–Crippen LogP) is 2.61. The van der Waals surface area contributed by atoms with Crippen molar-refractivity contribution in [2.45, 2.75) is 24.8 Å². The van der Waals surface area contributed by atoms with E-state index in [1.807, 2.05) is 0 Å². The van der Waals surface area contributed by atoms with Gasteiger partial charge in [-0.3, -0.25) is 9.59 Å². The van der Waals surface area contributed by atoms with E-state index in [4.69, 9.17) is 0 Å². The van der Waals surface area contributed by atoms with Crippen LogP contribution in [-0.2, 0) is 14.8 Å². The molecule has 0 spiro atoms. The molecule has 160 valence electrons. The molecule has 30 heavy (non-hydrogen) atoms. The van der Waals surface area contributed by atoms with Crippen LogP contribution in [0.15, 0.2) is 53.4 Å². The van der Waals surface area contributed by atoms with E-state index in [9.17, 15) is 26.8 Å². The maximum Gasteiger partial charge on any atom is 0.243 e. The lowest BCUT2D eigenvalue weighted by Gasteiger charge is -2.18. The average Bonchev–Trinajstić information content (AvgIpc) is 3.14. The molecule has 6 nitrogen and oxygen atoms in total. The Kier molecular flexibility index (Phi) is 6.33. The smallest absolute Gasteiger partial charge is 0.243 e. The molecule has 1 aliphatic heterocycles. The summed E-state index contributed by atoms with van der Waals surface area (Å²) in [5, 5.41) is 2.73. The van der Waals surface area contributed by atoms with Crippen LogP contribution in [0, 0.1) is 23.5 Å². The van der Waals surface area contributed by atoms with E-state index in [2.05, 4.69) is 5.32 Å². The fourth-order valence-electron chi connectivity index (χ4n) is 3.47. The van der Waals surface area contributed by atoms with Gasteiger partial charge in [0, 0.05) is 30.6 Å². The Bertz CT molecular complexity index is 1040. The number of Topliss-reactive ketones (excluding diaryl/α,β-unsaturated/α-hetero) is 1. The van der Waals surface area contributed by atoms with Gasteiger partial charge in [0.25, 0.3) is 0 Å². The fourth-order valence-corrected chi connectivity index (χ4v) is 4.96. The van der Waals surface area contributed by atoms with Crippen molar-refractivity contribution in [2.75, 3.05) is 13.1 Å². The first-order valence-electron chi connectivity index (χ1n) is 9.45. The van der Waals surface area contributed by atoms with Crippen molar-refractivity contribution in [3.63, 3.8) is 0 Å². The third kappa shape index (κ3) is 4.57. The zero-order chi connectivity index (χ0) is 22.1. The molecule has 0 aliphatic carbocycles. The predicted molar refractivity (Wildman–Crippen MR) is 106 cm³/mol. The highest BCUT2D eigenvalue weighted by Gasteiger charge is 2.46. The molecule has 1 saturated heterocycles. The van der Waals surface area contributed by atoms with Crippen molar-refractivity contribution in [2.24, 2.45) is 11.8 Å². The second kappa shape index (κ2) is 8.61. The zero-order valence-corrected chi connectivity index (χ0v) is 17.3. The molecule has 0 bridgehead atoms. The molecular weight excluding hydrogens is 414 g/mol. The van der Waals surface area contributed by atoms with Crippen molar-refractivity contribution in [3.8, 4) is 0 Å². The minimum atomic E-state index is -4.03. The zero-order valence-electron chi connectivity index (χ0n) is 16.5. The van der Waals surface area contributed by atoms with E-state index in [1.165, 1.54) is 12.1 Å². The van der Waals surface area contributed by atoms with Crippen LogP contribution in [0.4, 0.5) is 8.78 Å². The van der Waals surface area contributed by atoms with Crippen LogP contribution in [0.5, 0.6) is 0 Å². The largest absolute Gasteiger partial charge is 0.354 e. The van der Waals surface area contributed by atoms with Gasteiger partial charge in [-0.15, -0.1) is 0 Å². The van der Waals surface area contributed by atoms with Crippen molar-refractivity contribution in [3.05, 3.63) is 65.7 Å². The molecule has 2 aromatic rings. The molecule has 2 aromatic carbocycles. The highest BCUT2D eigenvalue weighted by Crippen LogP contribution is 2.31. The molecule has 0 aromatic heterocycles. The molecule has 9 heteroatoms. The molecule has 0 radical (unpaired) electrons. The number of carbonyl (C=O) groups excluding carboxylic acids is 2. The second-order valence-corrected chi connectivity index (χ2v) is 9.46. The van der Waals surface area contributed by atoms with Gasteiger partial charge in [0.15, 0.2) is 5.78 Å². The van der Waals surface area contributed by atoms with Crippen molar-refractivity contribution >= 4 is 21.7 Å². The fraction of sp³-hybridized carbons (Fsp3) is 0.333. The number of nitrogens with zero attached hydrogens (tertiary/aromatic N) is 1. The summed E-state index contributed by atoms with van der Waals surface area (Å²) in [5.41, 5.74) is 0.199. The van der Waals surface area contributed by atoms with Crippen LogP contribution in [-0.4, -0.2) is 43.5 Å². The lowest BCUT2D eigenvalue weighted by Crippen LogP contribution is -2.40. The monoisotopic (exact) mass is 436 g/mol. The first-order chi connectivity index (χ1) is 14.1. The van der Waals surface area contributed by atoms with Gasteiger partial charge in [0.2, 0.25) is 15.9 Å². The third-order valence-electron chi connectivity index (χ3n) is 4.97. The van der Waals surface area contributed by atoms with E-state index >= 15 is 0 Å². The molecule has 1 heterocycles. The molecule has 3 rings (SSSR count). The van der Waals surface area contributed by atoms with Crippen LogP contribution in [0.1, 0.15) is 24.2 Å². The Morgan fingerprint density at radius 3 is 1.97 bits per heavy atom. The SMILES string of the molecule is CC(C)NC(=O)[C@@H]1CN(S(=O)(=O)c2ccc(F)cc2)C[C@H]1C(=O)c1ccc(F)cc1. The first kappa shape index (κ1) is 22.0. The Morgan fingerprint density at radius 1 is 0.933 bits per heavy atom. The number of sulfonamides is 1. The van der Waals surface area contributed by atoms with Gasteiger partial charge >= 0.3 is 0 Å². The van der Waals surface area contributed by atoms with Gasteiger partial charge in [-0.1, -0.05) is 0 Å². The topological polar surface area (TPSA) is 83.6 Å². The highest BCUT2D eigenvalue weighted by molar-refractivity contribution is 7.89. The molecule has 2 atom stereocenters. The maximum absolute atomic E-state index is 13.2. The molecule has 1 aliphatic rings. The van der Waals surface area contributed by atoms with Crippen LogP contribution in [0.2, 0.25) is 0 Å². The summed E-state index contributed by atoms with van der Waals surface area (Å²) in [6.07, 6.45) is 0. The summed E-state index contributed by atoms with van der Waals surface area (Å²) < 4.78 is 53.5. The first-order valence-corrected chi connectivity index (χ1v) is 10.9. The summed E-state index contributed by atoms with van der Waals surface area (Å²) in [6.45, 7) is 3.13. The van der Waals surface area contributed by atoms with Crippen molar-refractivity contribution in [1.29, 1.82) is 0 Å². The van der Waals surface area contributed by atoms with Crippen LogP contribution in [0.25, 0.3) is 0 Å². The average molecular weight is 436 g/mol. The minimum Gasteiger partial charge on any atom is -0.354 e. The van der Waals surface area contributed by atoms with Crippen LogP contribution in [0.3, 0.4) is 0 Å². The van der Waals surface area contributed by atoms with Gasteiger partial charge in [-0.05, 0) is 62.4 Å². The van der Waals surface area contributed by atoms with Gasteiger partial charge in [0.05, 0.1) is 10.8 Å². The van der Waals surface area contributed by atoms with Gasteiger partial charge < -0.3 is 5.32 Å². The van der Waals surface area contributed by atoms with Gasteiger partial charge in [0.1, 0.15) is 11.6 Å². The number of carbonyl (C=O) groups is 2. The number of rotatable bonds is 6. The number of amides is 1. The summed E-state index contributed by atoms with van der Waals surface area (Å²) >= 11 is 0. The summed E-state index contributed by atoms with van der Waals surface area (Å²) in [4.78, 5) is 25.6. The summed E-state index contributed by atoms with van der Waals surface area (Å²) in [5.74, 6) is -3.77. The lowest BCUT2D eigenvalue weighted by atomic mass is 9.87. The van der Waals surface area contributed by atoms with E-state index in [0.29, 0.717) is 0 Å². The molecule has 0 saturated carbocycles. The second-order valence-electron chi connectivity index (χ2n) is 7.52. The van der Waals surface area contributed by atoms with Crippen LogP contribution >= 0.6 is 0 Å². The molecular formula is C21H22F2N2O4S. The van der Waals surface area contributed by atoms with Gasteiger partial charge in [-0.25, -0.2) is 17.2 Å². The molecule has 1 fully saturated rings. The Balaban J connectivity index is 1.93. The summed E-state index contributed by atoms with van der Waals surface area (Å²) in [6, 6.07) is 9.06. The number of halogens is 2. The summed E-state index contributed by atoms with van der Waals surface area (Å²) in [7, 11) is -4.03. The van der Waals surface area contributed by atoms with Gasteiger partial charge in [-0.2, -0.15) is 4.31 Å². The molecule has 1 N–H and O–H groups in total. The maximum atomic E-state index is 13.2. The van der Waals surface area contributed by atoms with Crippen LogP contribution < -0.4 is 5.32 Å². The Morgan fingerprint density at radius 2 is 1.43 bits per heavy atom. The Labute approximate surface area is 173 Å². The highest BCUT2D eigenvalue weighted by atomic mass is 32.2. The number of hydrogen-bond donors (Lipinski definition) is 1. The minimum absolute atomic E-state index is 0.123. The quantitative estimate of drug-likeness (QED) is 0.706. The van der Waals surface area contributed by atoms with E-state index in [1.54, 1.807) is 13.8 Å². The number of benzene rings is 2. The molecule has 1 amide bonds. The standard InChI is InChI=1S/C21H22F2N2O4S/c1-13(2)24-21(27)19-12-25(30(28,29)17-9-7-16(23)8-10-17)11-18(19)20(26)14-3-5-15(22)6-4-14/h3-10,13,18-19H,11-12H2,1-2H3,(H,24,27)/t18-,19-/m1/s1. The number of ketones is 1. The van der Waals surface area contributed by atoms with Crippen molar-refractivity contribution < 1.29 is 26.8 Å². The number of hydrogen-bond acceptors (Lipinski definition) is 4. The third-order valence-corrected chi connectivity index (χ3v) is 6.82.